The first-order valence-corrected chi connectivity index (χ1v) is 11.5. The van der Waals surface area contributed by atoms with Crippen LogP contribution in [-0.4, -0.2) is 39.0 Å². The SMILES string of the molecule is CCOP(=S)(OCC)Oc1ccc(S(=O)(=O)N(CC)CC)cc1. The number of sulfonamides is 1. The summed E-state index contributed by atoms with van der Waals surface area (Å²) < 4.78 is 42.7. The molecule has 0 heterocycles. The topological polar surface area (TPSA) is 65.1 Å². The fourth-order valence-electron chi connectivity index (χ4n) is 1.92. The van der Waals surface area contributed by atoms with Gasteiger partial charge in [-0.25, -0.2) is 8.42 Å². The van der Waals surface area contributed by atoms with E-state index < -0.39 is 16.7 Å². The van der Waals surface area contributed by atoms with E-state index in [-0.39, 0.29) is 4.90 Å². The summed E-state index contributed by atoms with van der Waals surface area (Å²) in [7, 11) is -3.48. The summed E-state index contributed by atoms with van der Waals surface area (Å²) in [5, 5.41) is 0. The van der Waals surface area contributed by atoms with Crippen LogP contribution in [0, 0.1) is 0 Å². The molecule has 23 heavy (non-hydrogen) atoms. The molecule has 0 aliphatic heterocycles. The number of hydrogen-bond donors (Lipinski definition) is 0. The fraction of sp³-hybridized carbons (Fsp3) is 0.571. The average Bonchev–Trinajstić information content (AvgIpc) is 2.49. The van der Waals surface area contributed by atoms with Crippen LogP contribution in [0.5, 0.6) is 5.75 Å². The molecule has 0 spiro atoms. The summed E-state index contributed by atoms with van der Waals surface area (Å²) in [6.07, 6.45) is 0. The van der Waals surface area contributed by atoms with Crippen LogP contribution in [-0.2, 0) is 30.9 Å². The third kappa shape index (κ3) is 5.52. The van der Waals surface area contributed by atoms with Crippen molar-refractivity contribution in [2.24, 2.45) is 0 Å². The molecule has 0 aromatic heterocycles. The third-order valence-corrected chi connectivity index (χ3v) is 7.46. The highest BCUT2D eigenvalue weighted by Gasteiger charge is 2.23. The maximum absolute atomic E-state index is 12.4. The quantitative estimate of drug-likeness (QED) is 0.579. The van der Waals surface area contributed by atoms with Crippen LogP contribution in [0.2, 0.25) is 0 Å². The minimum atomic E-state index is -3.48. The van der Waals surface area contributed by atoms with Gasteiger partial charge in [0.15, 0.2) is 0 Å². The summed E-state index contributed by atoms with van der Waals surface area (Å²) in [6, 6.07) is 6.13. The highest BCUT2D eigenvalue weighted by Crippen LogP contribution is 2.49. The molecule has 0 fully saturated rings. The van der Waals surface area contributed by atoms with E-state index in [4.69, 9.17) is 25.4 Å². The molecule has 0 atom stereocenters. The number of nitrogens with zero attached hydrogens (tertiary/aromatic N) is 1. The van der Waals surface area contributed by atoms with E-state index in [1.54, 1.807) is 26.0 Å². The van der Waals surface area contributed by atoms with Crippen molar-refractivity contribution in [2.75, 3.05) is 26.3 Å². The monoisotopic (exact) mass is 381 g/mol. The zero-order valence-corrected chi connectivity index (χ0v) is 16.4. The molecule has 0 amide bonds. The summed E-state index contributed by atoms with van der Waals surface area (Å²) in [5.74, 6) is 0.425. The van der Waals surface area contributed by atoms with Gasteiger partial charge in [0, 0.05) is 24.9 Å². The molecule has 0 N–H and O–H groups in total. The Hall–Kier alpha value is -0.500. The Bertz CT molecular complexity index is 619. The molecular weight excluding hydrogens is 357 g/mol. The van der Waals surface area contributed by atoms with Gasteiger partial charge in [0.05, 0.1) is 18.1 Å². The van der Waals surface area contributed by atoms with Crippen LogP contribution in [0.1, 0.15) is 27.7 Å². The van der Waals surface area contributed by atoms with Crippen molar-refractivity contribution in [1.29, 1.82) is 0 Å². The van der Waals surface area contributed by atoms with Crippen molar-refractivity contribution in [3.05, 3.63) is 24.3 Å². The molecule has 1 aromatic rings. The highest BCUT2D eigenvalue weighted by molar-refractivity contribution is 8.07. The van der Waals surface area contributed by atoms with Crippen LogP contribution >= 0.6 is 6.72 Å². The molecule has 0 unspecified atom stereocenters. The maximum atomic E-state index is 12.4. The Kier molecular flexibility index (Phi) is 8.13. The maximum Gasteiger partial charge on any atom is 0.380 e. The first-order chi connectivity index (χ1) is 10.8. The Balaban J connectivity index is 2.98. The van der Waals surface area contributed by atoms with E-state index in [9.17, 15) is 8.42 Å². The van der Waals surface area contributed by atoms with Gasteiger partial charge < -0.3 is 4.52 Å². The van der Waals surface area contributed by atoms with Crippen molar-refractivity contribution >= 4 is 28.5 Å². The van der Waals surface area contributed by atoms with Crippen LogP contribution in [0.25, 0.3) is 0 Å². The molecule has 0 aliphatic rings. The van der Waals surface area contributed by atoms with Crippen LogP contribution < -0.4 is 4.52 Å². The summed E-state index contributed by atoms with van der Waals surface area (Å²) in [5.41, 5.74) is 0. The second-order valence-corrected chi connectivity index (χ2v) is 9.31. The lowest BCUT2D eigenvalue weighted by Crippen LogP contribution is -2.30. The Morgan fingerprint density at radius 3 is 1.87 bits per heavy atom. The van der Waals surface area contributed by atoms with Gasteiger partial charge in [0.1, 0.15) is 5.75 Å². The molecule has 9 heteroatoms. The third-order valence-electron chi connectivity index (χ3n) is 2.96. The van der Waals surface area contributed by atoms with Gasteiger partial charge in [-0.1, -0.05) is 13.8 Å². The van der Waals surface area contributed by atoms with Crippen LogP contribution in [0.4, 0.5) is 0 Å². The van der Waals surface area contributed by atoms with Crippen molar-refractivity contribution < 1.29 is 22.0 Å². The van der Waals surface area contributed by atoms with Crippen molar-refractivity contribution in [3.63, 3.8) is 0 Å². The number of hydrogen-bond acceptors (Lipinski definition) is 6. The first-order valence-electron chi connectivity index (χ1n) is 7.51. The standard InChI is InChI=1S/C14H24NO5PS2/c1-5-15(6-2)23(16,17)14-11-9-13(10-12-14)20-21(22,18-7-3)19-8-4/h9-12H,5-8H2,1-4H3. The second-order valence-electron chi connectivity index (χ2n) is 4.43. The van der Waals surface area contributed by atoms with Gasteiger partial charge >= 0.3 is 6.72 Å². The summed E-state index contributed by atoms with van der Waals surface area (Å²) in [6.45, 7) is 5.98. The zero-order valence-electron chi connectivity index (χ0n) is 13.9. The van der Waals surface area contributed by atoms with E-state index in [0.29, 0.717) is 32.1 Å². The van der Waals surface area contributed by atoms with Gasteiger partial charge in [-0.15, -0.1) is 0 Å². The van der Waals surface area contributed by atoms with E-state index in [0.717, 1.165) is 0 Å². The minimum Gasteiger partial charge on any atom is -0.424 e. The summed E-state index contributed by atoms with van der Waals surface area (Å²) >= 11 is 5.29. The van der Waals surface area contributed by atoms with Gasteiger partial charge in [-0.3, -0.25) is 9.05 Å². The van der Waals surface area contributed by atoms with Crippen LogP contribution in [0.15, 0.2) is 29.2 Å². The molecule has 0 saturated carbocycles. The Labute approximate surface area is 144 Å². The van der Waals surface area contributed by atoms with Gasteiger partial charge in [-0.05, 0) is 38.1 Å². The average molecular weight is 381 g/mol. The fourth-order valence-corrected chi connectivity index (χ4v) is 5.46. The smallest absolute Gasteiger partial charge is 0.380 e. The molecule has 132 valence electrons. The van der Waals surface area contributed by atoms with Gasteiger partial charge in [0.25, 0.3) is 0 Å². The predicted molar refractivity (Wildman–Crippen MR) is 94.7 cm³/mol. The molecule has 0 radical (unpaired) electrons. The molecule has 1 rings (SSSR count). The normalized spacial score (nSPS) is 12.6. The lowest BCUT2D eigenvalue weighted by atomic mass is 10.3. The predicted octanol–water partition coefficient (Wildman–Crippen LogP) is 3.39. The molecular formula is C14H24NO5PS2. The van der Waals surface area contributed by atoms with Gasteiger partial charge in [0.2, 0.25) is 10.0 Å². The molecule has 1 aromatic carbocycles. The minimum absolute atomic E-state index is 0.217. The molecule has 6 nitrogen and oxygen atoms in total. The van der Waals surface area contributed by atoms with E-state index in [1.165, 1.54) is 16.4 Å². The summed E-state index contributed by atoms with van der Waals surface area (Å²) in [4.78, 5) is 0.217. The second kappa shape index (κ2) is 9.11. The van der Waals surface area contributed by atoms with E-state index in [1.807, 2.05) is 13.8 Å². The molecule has 0 saturated heterocycles. The lowest BCUT2D eigenvalue weighted by Gasteiger charge is -2.21. The van der Waals surface area contributed by atoms with Crippen molar-refractivity contribution in [2.45, 2.75) is 32.6 Å². The van der Waals surface area contributed by atoms with Crippen LogP contribution in [0.3, 0.4) is 0 Å². The van der Waals surface area contributed by atoms with Gasteiger partial charge in [-0.2, -0.15) is 4.31 Å². The van der Waals surface area contributed by atoms with Crippen molar-refractivity contribution in [3.8, 4) is 5.75 Å². The Morgan fingerprint density at radius 2 is 1.48 bits per heavy atom. The Morgan fingerprint density at radius 1 is 1.00 bits per heavy atom. The number of benzene rings is 1. The molecule has 0 bridgehead atoms. The van der Waals surface area contributed by atoms with E-state index >= 15 is 0 Å². The lowest BCUT2D eigenvalue weighted by molar-refractivity contribution is 0.218. The number of rotatable bonds is 10. The van der Waals surface area contributed by atoms with Crippen molar-refractivity contribution in [1.82, 2.24) is 4.31 Å². The zero-order chi connectivity index (χ0) is 17.5. The first kappa shape index (κ1) is 20.5. The molecule has 0 aliphatic carbocycles. The largest absolute Gasteiger partial charge is 0.424 e. The highest BCUT2D eigenvalue weighted by atomic mass is 32.5. The van der Waals surface area contributed by atoms with E-state index in [2.05, 4.69) is 0 Å².